The molecule has 2 atom stereocenters. The van der Waals surface area contributed by atoms with Crippen LogP contribution in [0.3, 0.4) is 0 Å². The van der Waals surface area contributed by atoms with E-state index in [1.54, 1.807) is 38.5 Å². The highest BCUT2D eigenvalue weighted by atomic mass is 16.7. The molecule has 1 amide bonds. The van der Waals surface area contributed by atoms with Crippen molar-refractivity contribution >= 4 is 23.3 Å². The molecule has 2 aliphatic rings. The SMILES string of the molecule is COc1ccc(NC(=O)C23CCC(C)(/C(=N/OC(=O)c4ccc(OC)cc4)C2)C3(C)C)cc1. The van der Waals surface area contributed by atoms with Crippen LogP contribution in [0.4, 0.5) is 5.69 Å². The summed E-state index contributed by atoms with van der Waals surface area (Å²) in [5.74, 6) is 0.818. The normalized spacial score (nSPS) is 26.2. The number of anilines is 1. The molecule has 7 nitrogen and oxygen atoms in total. The first kappa shape index (κ1) is 22.8. The second-order valence-corrected chi connectivity index (χ2v) is 9.54. The van der Waals surface area contributed by atoms with Crippen molar-refractivity contribution in [2.75, 3.05) is 19.5 Å². The van der Waals surface area contributed by atoms with Crippen LogP contribution in [-0.4, -0.2) is 31.8 Å². The van der Waals surface area contributed by atoms with E-state index in [1.807, 2.05) is 24.3 Å². The van der Waals surface area contributed by atoms with Gasteiger partial charge in [0.1, 0.15) is 11.5 Å². The van der Waals surface area contributed by atoms with Gasteiger partial charge in [-0.25, -0.2) is 4.79 Å². The summed E-state index contributed by atoms with van der Waals surface area (Å²) in [7, 11) is 3.17. The third-order valence-corrected chi connectivity index (χ3v) is 8.08. The molecule has 0 heterocycles. The molecule has 174 valence electrons. The maximum Gasteiger partial charge on any atom is 0.365 e. The molecule has 2 aliphatic carbocycles. The fraction of sp³-hybridized carbons (Fsp3) is 0.423. The Morgan fingerprint density at radius 2 is 1.45 bits per heavy atom. The molecule has 1 N–H and O–H groups in total. The third-order valence-electron chi connectivity index (χ3n) is 8.08. The van der Waals surface area contributed by atoms with E-state index >= 15 is 0 Å². The fourth-order valence-corrected chi connectivity index (χ4v) is 5.32. The molecule has 0 radical (unpaired) electrons. The van der Waals surface area contributed by atoms with Crippen molar-refractivity contribution < 1.29 is 23.9 Å². The van der Waals surface area contributed by atoms with Crippen molar-refractivity contribution in [3.05, 3.63) is 54.1 Å². The molecule has 4 rings (SSSR count). The summed E-state index contributed by atoms with van der Waals surface area (Å²) < 4.78 is 10.3. The molecule has 2 aromatic carbocycles. The number of amides is 1. The summed E-state index contributed by atoms with van der Waals surface area (Å²) >= 11 is 0. The monoisotopic (exact) mass is 450 g/mol. The van der Waals surface area contributed by atoms with Gasteiger partial charge in [-0.2, -0.15) is 0 Å². The Labute approximate surface area is 194 Å². The Balaban J connectivity index is 1.54. The van der Waals surface area contributed by atoms with Gasteiger partial charge >= 0.3 is 5.97 Å². The summed E-state index contributed by atoms with van der Waals surface area (Å²) in [6.07, 6.45) is 2.01. The summed E-state index contributed by atoms with van der Waals surface area (Å²) in [4.78, 5) is 31.4. The lowest BCUT2D eigenvalue weighted by Gasteiger charge is -2.39. The minimum atomic E-state index is -0.632. The number of ether oxygens (including phenoxy) is 2. The lowest BCUT2D eigenvalue weighted by atomic mass is 9.64. The quantitative estimate of drug-likeness (QED) is 0.490. The van der Waals surface area contributed by atoms with Gasteiger partial charge in [0.25, 0.3) is 0 Å². The zero-order valence-electron chi connectivity index (χ0n) is 19.7. The van der Waals surface area contributed by atoms with E-state index in [1.165, 1.54) is 0 Å². The average molecular weight is 451 g/mol. The molecule has 0 saturated heterocycles. The number of hydrogen-bond donors (Lipinski definition) is 1. The van der Waals surface area contributed by atoms with Crippen molar-refractivity contribution in [2.24, 2.45) is 21.4 Å². The Morgan fingerprint density at radius 1 is 0.879 bits per heavy atom. The van der Waals surface area contributed by atoms with Gasteiger partial charge in [0.15, 0.2) is 0 Å². The smallest absolute Gasteiger partial charge is 0.365 e. The fourth-order valence-electron chi connectivity index (χ4n) is 5.32. The molecule has 2 unspecified atom stereocenters. The van der Waals surface area contributed by atoms with E-state index < -0.39 is 11.4 Å². The highest BCUT2D eigenvalue weighted by molar-refractivity contribution is 6.06. The Kier molecular flexibility index (Phi) is 5.68. The van der Waals surface area contributed by atoms with Crippen LogP contribution in [0.5, 0.6) is 11.5 Å². The number of nitrogens with zero attached hydrogens (tertiary/aromatic N) is 1. The highest BCUT2D eigenvalue weighted by Crippen LogP contribution is 2.71. The molecule has 2 fully saturated rings. The minimum absolute atomic E-state index is 0.0342. The van der Waals surface area contributed by atoms with Crippen molar-refractivity contribution in [3.8, 4) is 11.5 Å². The van der Waals surface area contributed by atoms with Gasteiger partial charge < -0.3 is 19.6 Å². The second kappa shape index (κ2) is 8.21. The molecular weight excluding hydrogens is 420 g/mol. The van der Waals surface area contributed by atoms with Crippen LogP contribution < -0.4 is 14.8 Å². The number of rotatable bonds is 6. The first-order valence-corrected chi connectivity index (χ1v) is 11.1. The minimum Gasteiger partial charge on any atom is -0.497 e. The zero-order chi connectivity index (χ0) is 23.9. The van der Waals surface area contributed by atoms with Crippen molar-refractivity contribution in [1.29, 1.82) is 0 Å². The van der Waals surface area contributed by atoms with Gasteiger partial charge in [0, 0.05) is 17.5 Å². The highest BCUT2D eigenvalue weighted by Gasteiger charge is 2.71. The third kappa shape index (κ3) is 3.56. The van der Waals surface area contributed by atoms with E-state index in [0.717, 1.165) is 30.0 Å². The van der Waals surface area contributed by atoms with Gasteiger partial charge in [-0.3, -0.25) is 4.79 Å². The van der Waals surface area contributed by atoms with Crippen molar-refractivity contribution in [2.45, 2.75) is 40.0 Å². The standard InChI is InChI=1S/C26H30N2O5/c1-24(2)25(3)14-15-26(24,23(30)27-18-8-12-20(32-5)13-9-18)16-21(25)28-33-22(29)17-6-10-19(31-4)11-7-17/h6-13H,14-16H2,1-5H3,(H,27,30)/b28-21+. The molecule has 2 aromatic rings. The molecule has 0 aromatic heterocycles. The predicted octanol–water partition coefficient (Wildman–Crippen LogP) is 5.07. The predicted molar refractivity (Wildman–Crippen MR) is 126 cm³/mol. The number of oxime groups is 1. The van der Waals surface area contributed by atoms with Crippen LogP contribution in [0.25, 0.3) is 0 Å². The summed E-state index contributed by atoms with van der Waals surface area (Å²) in [5, 5.41) is 7.37. The van der Waals surface area contributed by atoms with E-state index in [4.69, 9.17) is 14.3 Å². The van der Waals surface area contributed by atoms with Crippen LogP contribution in [-0.2, 0) is 9.63 Å². The molecular formula is C26H30N2O5. The average Bonchev–Trinajstić information content (AvgIpc) is 3.14. The number of benzene rings is 2. The largest absolute Gasteiger partial charge is 0.497 e. The number of carbonyl (C=O) groups excluding carboxylic acids is 2. The maximum absolute atomic E-state index is 13.6. The van der Waals surface area contributed by atoms with Crippen molar-refractivity contribution in [3.63, 3.8) is 0 Å². The summed E-state index contributed by atoms with van der Waals surface area (Å²) in [6.45, 7) is 6.34. The molecule has 7 heteroatoms. The van der Waals surface area contributed by atoms with Gasteiger partial charge in [0.05, 0.1) is 30.9 Å². The Bertz CT molecular complexity index is 1090. The Morgan fingerprint density at radius 3 is 2.03 bits per heavy atom. The van der Waals surface area contributed by atoms with Crippen LogP contribution in [0.2, 0.25) is 0 Å². The number of carbonyl (C=O) groups is 2. The lowest BCUT2D eigenvalue weighted by molar-refractivity contribution is -0.130. The number of fused-ring (bicyclic) bond motifs is 2. The molecule has 2 bridgehead atoms. The van der Waals surface area contributed by atoms with Crippen LogP contribution >= 0.6 is 0 Å². The van der Waals surface area contributed by atoms with Gasteiger partial charge in [-0.1, -0.05) is 25.9 Å². The zero-order valence-corrected chi connectivity index (χ0v) is 19.7. The van der Waals surface area contributed by atoms with Crippen LogP contribution in [0.15, 0.2) is 53.7 Å². The molecule has 2 saturated carbocycles. The first-order chi connectivity index (χ1) is 15.7. The number of methoxy groups -OCH3 is 2. The van der Waals surface area contributed by atoms with E-state index in [-0.39, 0.29) is 16.7 Å². The van der Waals surface area contributed by atoms with E-state index in [2.05, 4.69) is 31.2 Å². The number of nitrogens with one attached hydrogen (secondary N) is 1. The molecule has 33 heavy (non-hydrogen) atoms. The van der Waals surface area contributed by atoms with Gasteiger partial charge in [-0.15, -0.1) is 0 Å². The number of hydrogen-bond acceptors (Lipinski definition) is 6. The molecule has 0 aliphatic heterocycles. The molecule has 0 spiro atoms. The van der Waals surface area contributed by atoms with Gasteiger partial charge in [-0.05, 0) is 66.8 Å². The van der Waals surface area contributed by atoms with Crippen LogP contribution in [0, 0.1) is 16.2 Å². The van der Waals surface area contributed by atoms with Gasteiger partial charge in [0.2, 0.25) is 5.91 Å². The lowest BCUT2D eigenvalue weighted by Crippen LogP contribution is -2.43. The topological polar surface area (TPSA) is 86.2 Å². The first-order valence-electron chi connectivity index (χ1n) is 11.1. The van der Waals surface area contributed by atoms with Crippen molar-refractivity contribution in [1.82, 2.24) is 0 Å². The van der Waals surface area contributed by atoms with E-state index in [0.29, 0.717) is 17.7 Å². The second-order valence-electron chi connectivity index (χ2n) is 9.54. The maximum atomic E-state index is 13.6. The van der Waals surface area contributed by atoms with Crippen LogP contribution in [0.1, 0.15) is 50.4 Å². The Hall–Kier alpha value is -3.35. The summed E-state index contributed by atoms with van der Waals surface area (Å²) in [6, 6.07) is 14.0. The van der Waals surface area contributed by atoms with E-state index in [9.17, 15) is 9.59 Å². The summed E-state index contributed by atoms with van der Waals surface area (Å²) in [5.41, 5.74) is 0.528.